The highest BCUT2D eigenvalue weighted by atomic mass is 16.5. The van der Waals surface area contributed by atoms with Crippen LogP contribution in [0.25, 0.3) is 0 Å². The first-order valence-electron chi connectivity index (χ1n) is 6.96. The third-order valence-electron chi connectivity index (χ3n) is 4.46. The van der Waals surface area contributed by atoms with Crippen molar-refractivity contribution in [1.29, 1.82) is 0 Å². The van der Waals surface area contributed by atoms with Crippen molar-refractivity contribution in [2.45, 2.75) is 31.3 Å². The lowest BCUT2D eigenvalue weighted by atomic mass is 10.1. The summed E-state index contributed by atoms with van der Waals surface area (Å²) in [7, 11) is 0. The monoisotopic (exact) mass is 259 g/mol. The largest absolute Gasteiger partial charge is 0.490 e. The minimum absolute atomic E-state index is 0.0990. The van der Waals surface area contributed by atoms with E-state index in [0.717, 1.165) is 30.9 Å². The van der Waals surface area contributed by atoms with Crippen molar-refractivity contribution >= 4 is 5.91 Å². The van der Waals surface area contributed by atoms with Gasteiger partial charge in [0.05, 0.1) is 6.61 Å². The summed E-state index contributed by atoms with van der Waals surface area (Å²) in [5.74, 6) is 1.30. The average molecular weight is 259 g/mol. The van der Waals surface area contributed by atoms with E-state index in [0.29, 0.717) is 24.1 Å². The number of aromatic nitrogens is 1. The van der Waals surface area contributed by atoms with Gasteiger partial charge in [-0.25, -0.2) is 4.98 Å². The fourth-order valence-corrected chi connectivity index (χ4v) is 3.52. The number of amides is 1. The molecule has 2 N–H and O–H groups in total. The maximum Gasteiger partial charge on any atom is 0.274 e. The van der Waals surface area contributed by atoms with Crippen molar-refractivity contribution < 1.29 is 9.53 Å². The summed E-state index contributed by atoms with van der Waals surface area (Å²) in [5.41, 5.74) is 1.53. The van der Waals surface area contributed by atoms with Crippen LogP contribution in [0.15, 0.2) is 12.3 Å². The zero-order valence-corrected chi connectivity index (χ0v) is 10.7. The number of carbonyl (C=O) groups is 1. The molecule has 3 heterocycles. The Morgan fingerprint density at radius 1 is 1.47 bits per heavy atom. The van der Waals surface area contributed by atoms with Crippen LogP contribution in [0.3, 0.4) is 0 Å². The van der Waals surface area contributed by atoms with Crippen molar-refractivity contribution in [1.82, 2.24) is 15.6 Å². The number of ether oxygens (including phenoxy) is 1. The SMILES string of the molecule is O=C(NC1CC2CNC1C2)c1nccc2c1OCC2. The van der Waals surface area contributed by atoms with Gasteiger partial charge in [-0.15, -0.1) is 0 Å². The highest BCUT2D eigenvalue weighted by Crippen LogP contribution is 2.32. The number of rotatable bonds is 2. The molecule has 5 heteroatoms. The first-order chi connectivity index (χ1) is 9.31. The summed E-state index contributed by atoms with van der Waals surface area (Å²) in [5, 5.41) is 6.56. The molecule has 2 bridgehead atoms. The highest BCUT2D eigenvalue weighted by Gasteiger charge is 2.40. The molecule has 1 aromatic rings. The van der Waals surface area contributed by atoms with Gasteiger partial charge in [-0.2, -0.15) is 0 Å². The van der Waals surface area contributed by atoms with E-state index in [1.165, 1.54) is 6.42 Å². The molecule has 0 aromatic carbocycles. The summed E-state index contributed by atoms with van der Waals surface area (Å²) >= 11 is 0. The second-order valence-electron chi connectivity index (χ2n) is 5.68. The lowest BCUT2D eigenvalue weighted by molar-refractivity contribution is 0.0920. The lowest BCUT2D eigenvalue weighted by Gasteiger charge is -2.24. The fraction of sp³-hybridized carbons (Fsp3) is 0.571. The van der Waals surface area contributed by atoms with Crippen LogP contribution in [0.1, 0.15) is 28.9 Å². The van der Waals surface area contributed by atoms with Crippen LogP contribution in [0, 0.1) is 5.92 Å². The van der Waals surface area contributed by atoms with Gasteiger partial charge in [0.1, 0.15) is 0 Å². The van der Waals surface area contributed by atoms with Crippen LogP contribution in [-0.2, 0) is 6.42 Å². The van der Waals surface area contributed by atoms with Crippen molar-refractivity contribution in [2.75, 3.05) is 13.2 Å². The standard InChI is InChI=1S/C14H17N3O2/c18-14(17-11-6-8-5-10(11)16-7-8)12-13-9(1-3-15-12)2-4-19-13/h1,3,8,10-11,16H,2,4-7H2,(H,17,18). The van der Waals surface area contributed by atoms with Crippen LogP contribution < -0.4 is 15.4 Å². The molecule has 1 saturated heterocycles. The summed E-state index contributed by atoms with van der Waals surface area (Å²) in [6.45, 7) is 1.75. The summed E-state index contributed by atoms with van der Waals surface area (Å²) < 4.78 is 5.54. The molecule has 2 aliphatic heterocycles. The van der Waals surface area contributed by atoms with Gasteiger partial charge >= 0.3 is 0 Å². The van der Waals surface area contributed by atoms with Crippen molar-refractivity contribution in [3.8, 4) is 5.75 Å². The fourth-order valence-electron chi connectivity index (χ4n) is 3.52. The predicted octanol–water partition coefficient (Wildman–Crippen LogP) is 0.497. The van der Waals surface area contributed by atoms with Crippen LogP contribution in [0.5, 0.6) is 5.75 Å². The van der Waals surface area contributed by atoms with Gasteiger partial charge in [0.2, 0.25) is 0 Å². The maximum atomic E-state index is 12.4. The molecule has 0 radical (unpaired) electrons. The van der Waals surface area contributed by atoms with Crippen LogP contribution >= 0.6 is 0 Å². The highest BCUT2D eigenvalue weighted by molar-refractivity contribution is 5.95. The lowest BCUT2D eigenvalue weighted by Crippen LogP contribution is -2.48. The number of hydrogen-bond donors (Lipinski definition) is 2. The topological polar surface area (TPSA) is 63.2 Å². The van der Waals surface area contributed by atoms with Crippen LogP contribution in [0.4, 0.5) is 0 Å². The van der Waals surface area contributed by atoms with Gasteiger partial charge in [-0.3, -0.25) is 4.79 Å². The second-order valence-corrected chi connectivity index (χ2v) is 5.68. The Balaban J connectivity index is 1.53. The van der Waals surface area contributed by atoms with Crippen molar-refractivity contribution in [3.63, 3.8) is 0 Å². The average Bonchev–Trinajstić information content (AvgIpc) is 3.13. The smallest absolute Gasteiger partial charge is 0.274 e. The Morgan fingerprint density at radius 3 is 3.21 bits per heavy atom. The molecule has 2 fully saturated rings. The Labute approximate surface area is 111 Å². The number of carbonyl (C=O) groups excluding carboxylic acids is 1. The molecule has 1 aliphatic carbocycles. The van der Waals surface area contributed by atoms with E-state index in [1.807, 2.05) is 6.07 Å². The molecule has 3 aliphatic rings. The predicted molar refractivity (Wildman–Crippen MR) is 69.2 cm³/mol. The molecular formula is C14H17N3O2. The Kier molecular flexibility index (Phi) is 2.48. The molecular weight excluding hydrogens is 242 g/mol. The molecule has 1 aromatic heterocycles. The molecule has 5 nitrogen and oxygen atoms in total. The van der Waals surface area contributed by atoms with E-state index in [1.54, 1.807) is 6.20 Å². The van der Waals surface area contributed by atoms with Crippen molar-refractivity contribution in [3.05, 3.63) is 23.5 Å². The molecule has 100 valence electrons. The van der Waals surface area contributed by atoms with Gasteiger partial charge in [0.15, 0.2) is 11.4 Å². The third kappa shape index (κ3) is 1.80. The number of nitrogens with one attached hydrogen (secondary N) is 2. The van der Waals surface area contributed by atoms with E-state index in [4.69, 9.17) is 4.74 Å². The number of fused-ring (bicyclic) bond motifs is 3. The van der Waals surface area contributed by atoms with Gasteiger partial charge in [0.25, 0.3) is 5.91 Å². The Bertz CT molecular complexity index is 531. The third-order valence-corrected chi connectivity index (χ3v) is 4.46. The molecule has 1 amide bonds. The number of hydrogen-bond acceptors (Lipinski definition) is 4. The van der Waals surface area contributed by atoms with E-state index in [9.17, 15) is 4.79 Å². The molecule has 0 spiro atoms. The molecule has 1 saturated carbocycles. The molecule has 4 rings (SSSR count). The minimum Gasteiger partial charge on any atom is -0.490 e. The van der Waals surface area contributed by atoms with Crippen LogP contribution in [-0.4, -0.2) is 36.1 Å². The maximum absolute atomic E-state index is 12.4. The van der Waals surface area contributed by atoms with Crippen molar-refractivity contribution in [2.24, 2.45) is 5.92 Å². The zero-order valence-electron chi connectivity index (χ0n) is 10.7. The zero-order chi connectivity index (χ0) is 12.8. The Hall–Kier alpha value is -1.62. The van der Waals surface area contributed by atoms with E-state index < -0.39 is 0 Å². The van der Waals surface area contributed by atoms with E-state index in [2.05, 4.69) is 15.6 Å². The van der Waals surface area contributed by atoms with Crippen LogP contribution in [0.2, 0.25) is 0 Å². The summed E-state index contributed by atoms with van der Waals surface area (Å²) in [4.78, 5) is 16.6. The number of pyridine rings is 1. The Morgan fingerprint density at radius 2 is 2.42 bits per heavy atom. The number of nitrogens with zero attached hydrogens (tertiary/aromatic N) is 1. The summed E-state index contributed by atoms with van der Waals surface area (Å²) in [6.07, 6.45) is 4.83. The first-order valence-corrected chi connectivity index (χ1v) is 6.96. The minimum atomic E-state index is -0.0990. The molecule has 3 unspecified atom stereocenters. The van der Waals surface area contributed by atoms with E-state index >= 15 is 0 Å². The van der Waals surface area contributed by atoms with E-state index in [-0.39, 0.29) is 11.9 Å². The number of piperidine rings is 1. The van der Waals surface area contributed by atoms with Gasteiger partial charge in [0, 0.05) is 30.3 Å². The van der Waals surface area contributed by atoms with Gasteiger partial charge in [-0.1, -0.05) is 0 Å². The quantitative estimate of drug-likeness (QED) is 0.811. The molecule has 3 atom stereocenters. The summed E-state index contributed by atoms with van der Waals surface area (Å²) in [6, 6.07) is 2.61. The molecule has 19 heavy (non-hydrogen) atoms. The first kappa shape index (κ1) is 11.2. The normalized spacial score (nSPS) is 31.1. The second kappa shape index (κ2) is 4.20. The van der Waals surface area contributed by atoms with Gasteiger partial charge < -0.3 is 15.4 Å². The van der Waals surface area contributed by atoms with Gasteiger partial charge in [-0.05, 0) is 31.4 Å².